The van der Waals surface area contributed by atoms with Gasteiger partial charge >= 0.3 is 0 Å². The molecule has 0 amide bonds. The molecule has 0 radical (unpaired) electrons. The minimum atomic E-state index is -0.262. The SMILES string of the molecule is Fc1ccc(Nc2nccn3ccnc23)cc1. The molecule has 1 N–H and O–H groups in total. The lowest BCUT2D eigenvalue weighted by molar-refractivity contribution is 0.628. The summed E-state index contributed by atoms with van der Waals surface area (Å²) < 4.78 is 14.6. The summed E-state index contributed by atoms with van der Waals surface area (Å²) in [5.74, 6) is 0.381. The molecule has 3 rings (SSSR count). The number of rotatable bonds is 2. The van der Waals surface area contributed by atoms with Gasteiger partial charge in [-0.25, -0.2) is 14.4 Å². The van der Waals surface area contributed by atoms with E-state index in [9.17, 15) is 4.39 Å². The summed E-state index contributed by atoms with van der Waals surface area (Å²) >= 11 is 0. The van der Waals surface area contributed by atoms with Crippen LogP contribution in [0.15, 0.2) is 49.1 Å². The predicted molar refractivity (Wildman–Crippen MR) is 62.7 cm³/mol. The van der Waals surface area contributed by atoms with E-state index in [1.807, 2.05) is 16.8 Å². The molecule has 1 aromatic carbocycles. The lowest BCUT2D eigenvalue weighted by atomic mass is 10.3. The van der Waals surface area contributed by atoms with Crippen LogP contribution in [0.25, 0.3) is 5.65 Å². The van der Waals surface area contributed by atoms with Gasteiger partial charge in [0, 0.05) is 30.5 Å². The average Bonchev–Trinajstić information content (AvgIpc) is 2.81. The minimum absolute atomic E-state index is 0.262. The normalized spacial score (nSPS) is 10.6. The number of imidazole rings is 1. The molecular weight excluding hydrogens is 219 g/mol. The van der Waals surface area contributed by atoms with E-state index in [2.05, 4.69) is 15.3 Å². The average molecular weight is 228 g/mol. The van der Waals surface area contributed by atoms with Gasteiger partial charge in [-0.1, -0.05) is 0 Å². The van der Waals surface area contributed by atoms with Crippen molar-refractivity contribution in [3.05, 3.63) is 54.9 Å². The van der Waals surface area contributed by atoms with Gasteiger partial charge in [-0.2, -0.15) is 0 Å². The number of hydrogen-bond donors (Lipinski definition) is 1. The largest absolute Gasteiger partial charge is 0.337 e. The Labute approximate surface area is 96.8 Å². The number of benzene rings is 1. The number of nitrogens with zero attached hydrogens (tertiary/aromatic N) is 3. The van der Waals surface area contributed by atoms with E-state index in [0.29, 0.717) is 5.82 Å². The van der Waals surface area contributed by atoms with Crippen molar-refractivity contribution < 1.29 is 4.39 Å². The second-order valence-electron chi connectivity index (χ2n) is 3.57. The summed E-state index contributed by atoms with van der Waals surface area (Å²) in [6.45, 7) is 0. The van der Waals surface area contributed by atoms with Crippen molar-refractivity contribution >= 4 is 17.2 Å². The van der Waals surface area contributed by atoms with Crippen molar-refractivity contribution in [2.24, 2.45) is 0 Å². The summed E-state index contributed by atoms with van der Waals surface area (Å²) in [5.41, 5.74) is 1.51. The molecule has 2 aromatic heterocycles. The first-order valence-corrected chi connectivity index (χ1v) is 5.13. The fourth-order valence-corrected chi connectivity index (χ4v) is 1.61. The fourth-order valence-electron chi connectivity index (χ4n) is 1.61. The van der Waals surface area contributed by atoms with E-state index in [4.69, 9.17) is 0 Å². The van der Waals surface area contributed by atoms with Crippen LogP contribution >= 0.6 is 0 Å². The van der Waals surface area contributed by atoms with Crippen molar-refractivity contribution in [1.82, 2.24) is 14.4 Å². The van der Waals surface area contributed by atoms with Gasteiger partial charge in [-0.05, 0) is 24.3 Å². The third kappa shape index (κ3) is 1.82. The first-order chi connectivity index (χ1) is 8.33. The maximum absolute atomic E-state index is 12.8. The second-order valence-corrected chi connectivity index (χ2v) is 3.57. The van der Waals surface area contributed by atoms with E-state index < -0.39 is 0 Å². The molecule has 0 saturated heterocycles. The van der Waals surface area contributed by atoms with Gasteiger partial charge in [0.05, 0.1) is 0 Å². The quantitative estimate of drug-likeness (QED) is 0.733. The standard InChI is InChI=1S/C12H9FN4/c13-9-1-3-10(4-2-9)16-11-12-15-6-8-17(12)7-5-14-11/h1-8H,(H,14,16). The first-order valence-electron chi connectivity index (χ1n) is 5.13. The van der Waals surface area contributed by atoms with Crippen LogP contribution in [0.3, 0.4) is 0 Å². The summed E-state index contributed by atoms with van der Waals surface area (Å²) in [5, 5.41) is 3.10. The number of nitrogens with one attached hydrogen (secondary N) is 1. The third-order valence-electron chi connectivity index (χ3n) is 2.42. The second kappa shape index (κ2) is 3.86. The fraction of sp³-hybridized carbons (Fsp3) is 0. The highest BCUT2D eigenvalue weighted by Gasteiger charge is 2.03. The van der Waals surface area contributed by atoms with E-state index >= 15 is 0 Å². The Hall–Kier alpha value is -2.43. The smallest absolute Gasteiger partial charge is 0.180 e. The molecule has 5 heteroatoms. The highest BCUT2D eigenvalue weighted by atomic mass is 19.1. The lowest BCUT2D eigenvalue weighted by Gasteiger charge is -2.06. The van der Waals surface area contributed by atoms with Crippen molar-refractivity contribution in [1.29, 1.82) is 0 Å². The van der Waals surface area contributed by atoms with Gasteiger partial charge in [-0.15, -0.1) is 0 Å². The van der Waals surface area contributed by atoms with Crippen LogP contribution in [0.5, 0.6) is 0 Å². The molecule has 0 aliphatic heterocycles. The highest BCUT2D eigenvalue weighted by Crippen LogP contribution is 2.18. The van der Waals surface area contributed by atoms with Gasteiger partial charge < -0.3 is 9.72 Å². The zero-order valence-electron chi connectivity index (χ0n) is 8.84. The Balaban J connectivity index is 1.99. The Kier molecular flexibility index (Phi) is 2.22. The van der Waals surface area contributed by atoms with Gasteiger partial charge in [-0.3, -0.25) is 0 Å². The van der Waals surface area contributed by atoms with Crippen molar-refractivity contribution in [3.8, 4) is 0 Å². The molecule has 0 fully saturated rings. The molecular formula is C12H9FN4. The van der Waals surface area contributed by atoms with Crippen molar-refractivity contribution in [2.45, 2.75) is 0 Å². The number of halogens is 1. The maximum atomic E-state index is 12.8. The van der Waals surface area contributed by atoms with Crippen molar-refractivity contribution in [2.75, 3.05) is 5.32 Å². The van der Waals surface area contributed by atoms with Gasteiger partial charge in [0.15, 0.2) is 11.5 Å². The van der Waals surface area contributed by atoms with Crippen LogP contribution in [0.2, 0.25) is 0 Å². The lowest BCUT2D eigenvalue weighted by Crippen LogP contribution is -1.97. The molecule has 0 atom stereocenters. The molecule has 3 aromatic rings. The third-order valence-corrected chi connectivity index (χ3v) is 2.42. The number of fused-ring (bicyclic) bond motifs is 1. The number of aromatic nitrogens is 3. The number of anilines is 2. The Morgan fingerprint density at radius 2 is 1.71 bits per heavy atom. The Morgan fingerprint density at radius 3 is 2.47 bits per heavy atom. The monoisotopic (exact) mass is 228 g/mol. The van der Waals surface area contributed by atoms with Crippen LogP contribution in [-0.4, -0.2) is 14.4 Å². The maximum Gasteiger partial charge on any atom is 0.180 e. The Bertz CT molecular complexity index is 645. The first kappa shape index (κ1) is 9.77. The summed E-state index contributed by atoms with van der Waals surface area (Å²) in [6, 6.07) is 6.11. The van der Waals surface area contributed by atoms with Crippen LogP contribution in [0.4, 0.5) is 15.9 Å². The summed E-state index contributed by atoms with van der Waals surface area (Å²) in [7, 11) is 0. The molecule has 4 nitrogen and oxygen atoms in total. The van der Waals surface area contributed by atoms with E-state index in [-0.39, 0.29) is 5.82 Å². The molecule has 2 heterocycles. The van der Waals surface area contributed by atoms with Gasteiger partial charge in [0.1, 0.15) is 5.82 Å². The molecule has 84 valence electrons. The highest BCUT2D eigenvalue weighted by molar-refractivity contribution is 5.69. The zero-order valence-corrected chi connectivity index (χ0v) is 8.84. The minimum Gasteiger partial charge on any atom is -0.337 e. The zero-order chi connectivity index (χ0) is 11.7. The number of hydrogen-bond acceptors (Lipinski definition) is 3. The topological polar surface area (TPSA) is 42.2 Å². The summed E-state index contributed by atoms with van der Waals surface area (Å²) in [6.07, 6.45) is 7.04. The molecule has 0 aliphatic rings. The van der Waals surface area contributed by atoms with Crippen LogP contribution < -0.4 is 5.32 Å². The molecule has 17 heavy (non-hydrogen) atoms. The molecule has 0 unspecified atom stereocenters. The Morgan fingerprint density at radius 1 is 1.00 bits per heavy atom. The van der Waals surface area contributed by atoms with Crippen molar-refractivity contribution in [3.63, 3.8) is 0 Å². The molecule has 0 saturated carbocycles. The van der Waals surface area contributed by atoms with Gasteiger partial charge in [0.25, 0.3) is 0 Å². The summed E-state index contributed by atoms with van der Waals surface area (Å²) in [4.78, 5) is 8.40. The van der Waals surface area contributed by atoms with Crippen LogP contribution in [0, 0.1) is 5.82 Å². The van der Waals surface area contributed by atoms with Gasteiger partial charge in [0.2, 0.25) is 0 Å². The van der Waals surface area contributed by atoms with E-state index in [0.717, 1.165) is 11.3 Å². The van der Waals surface area contributed by atoms with E-state index in [1.54, 1.807) is 24.5 Å². The predicted octanol–water partition coefficient (Wildman–Crippen LogP) is 2.61. The van der Waals surface area contributed by atoms with E-state index in [1.165, 1.54) is 12.1 Å². The molecule has 0 spiro atoms. The molecule has 0 bridgehead atoms. The van der Waals surface area contributed by atoms with Crippen LogP contribution in [0.1, 0.15) is 0 Å². The van der Waals surface area contributed by atoms with Crippen LogP contribution in [-0.2, 0) is 0 Å². The molecule has 0 aliphatic carbocycles.